The van der Waals surface area contributed by atoms with Crippen molar-refractivity contribution in [3.8, 4) is 0 Å². The first-order valence-corrected chi connectivity index (χ1v) is 4.68. The first kappa shape index (κ1) is 12.2. The number of amides is 1. The van der Waals surface area contributed by atoms with Crippen LogP contribution < -0.4 is 5.32 Å². The number of methoxy groups -OCH3 is 1. The molecule has 0 aliphatic carbocycles. The molecule has 0 aromatic heterocycles. The summed E-state index contributed by atoms with van der Waals surface area (Å²) in [5.74, 6) is 0. The first-order chi connectivity index (χ1) is 6.15. The van der Waals surface area contributed by atoms with E-state index in [1.807, 2.05) is 13.8 Å². The largest absolute Gasteiger partial charge is 0.453 e. The summed E-state index contributed by atoms with van der Waals surface area (Å²) in [4.78, 5) is 10.8. The van der Waals surface area contributed by atoms with Gasteiger partial charge in [0, 0.05) is 0 Å². The van der Waals surface area contributed by atoms with Crippen LogP contribution in [-0.4, -0.2) is 30.5 Å². The summed E-state index contributed by atoms with van der Waals surface area (Å²) in [6, 6.07) is -0.201. The van der Waals surface area contributed by atoms with Gasteiger partial charge in [0.1, 0.15) is 0 Å². The van der Waals surface area contributed by atoms with Gasteiger partial charge in [0.05, 0.1) is 19.3 Å². The van der Waals surface area contributed by atoms with Gasteiger partial charge in [-0.2, -0.15) is 0 Å². The molecule has 2 atom stereocenters. The number of aliphatic hydroxyl groups excluding tert-OH is 1. The van der Waals surface area contributed by atoms with E-state index in [2.05, 4.69) is 10.1 Å². The van der Waals surface area contributed by atoms with E-state index in [1.165, 1.54) is 7.11 Å². The Hall–Kier alpha value is -0.770. The van der Waals surface area contributed by atoms with Crippen LogP contribution in [-0.2, 0) is 4.74 Å². The summed E-state index contributed by atoms with van der Waals surface area (Å²) in [7, 11) is 1.31. The highest BCUT2D eigenvalue weighted by atomic mass is 16.5. The van der Waals surface area contributed by atoms with E-state index in [0.29, 0.717) is 12.8 Å². The molecule has 0 aliphatic rings. The molecule has 4 nitrogen and oxygen atoms in total. The van der Waals surface area contributed by atoms with Crippen LogP contribution in [0.1, 0.15) is 33.1 Å². The van der Waals surface area contributed by atoms with Crippen molar-refractivity contribution >= 4 is 6.09 Å². The molecular weight excluding hydrogens is 170 g/mol. The molecule has 0 saturated heterocycles. The number of nitrogens with one attached hydrogen (secondary N) is 1. The predicted molar refractivity (Wildman–Crippen MR) is 50.5 cm³/mol. The molecule has 0 bridgehead atoms. The molecule has 0 fully saturated rings. The van der Waals surface area contributed by atoms with Gasteiger partial charge in [-0.25, -0.2) is 4.79 Å². The van der Waals surface area contributed by atoms with Gasteiger partial charge >= 0.3 is 6.09 Å². The molecule has 0 aliphatic heterocycles. The van der Waals surface area contributed by atoms with Crippen molar-refractivity contribution in [2.45, 2.75) is 45.3 Å². The molecule has 0 spiro atoms. The molecule has 2 N–H and O–H groups in total. The van der Waals surface area contributed by atoms with Crippen molar-refractivity contribution in [1.29, 1.82) is 0 Å². The highest BCUT2D eigenvalue weighted by molar-refractivity contribution is 5.67. The van der Waals surface area contributed by atoms with E-state index >= 15 is 0 Å². The molecule has 0 heterocycles. The third-order valence-corrected chi connectivity index (χ3v) is 1.98. The third kappa shape index (κ3) is 4.72. The zero-order valence-electron chi connectivity index (χ0n) is 8.54. The molecule has 0 radical (unpaired) electrons. The van der Waals surface area contributed by atoms with Crippen molar-refractivity contribution in [2.24, 2.45) is 0 Å². The Labute approximate surface area is 79.3 Å². The molecule has 0 saturated carbocycles. The number of aliphatic hydroxyl groups is 1. The van der Waals surface area contributed by atoms with Crippen LogP contribution >= 0.6 is 0 Å². The monoisotopic (exact) mass is 189 g/mol. The summed E-state index contributed by atoms with van der Waals surface area (Å²) < 4.78 is 4.45. The number of hydrogen-bond donors (Lipinski definition) is 2. The number of carbonyl (C=O) groups excluding carboxylic acids is 1. The number of hydrogen-bond acceptors (Lipinski definition) is 3. The van der Waals surface area contributed by atoms with Crippen LogP contribution in [0.5, 0.6) is 0 Å². The van der Waals surface area contributed by atoms with Crippen molar-refractivity contribution < 1.29 is 14.6 Å². The molecule has 13 heavy (non-hydrogen) atoms. The maximum absolute atomic E-state index is 10.8. The van der Waals surface area contributed by atoms with Gasteiger partial charge in [-0.05, 0) is 12.8 Å². The summed E-state index contributed by atoms with van der Waals surface area (Å²) in [6.45, 7) is 3.91. The smallest absolute Gasteiger partial charge is 0.407 e. The van der Waals surface area contributed by atoms with Gasteiger partial charge in [-0.1, -0.05) is 20.3 Å². The van der Waals surface area contributed by atoms with Gasteiger partial charge < -0.3 is 15.2 Å². The number of alkyl carbamates (subject to hydrolysis) is 1. The maximum Gasteiger partial charge on any atom is 0.407 e. The summed E-state index contributed by atoms with van der Waals surface area (Å²) in [6.07, 6.45) is 1.34. The lowest BCUT2D eigenvalue weighted by Gasteiger charge is -2.21. The lowest BCUT2D eigenvalue weighted by Crippen LogP contribution is -2.42. The van der Waals surface area contributed by atoms with E-state index in [0.717, 1.165) is 6.42 Å². The zero-order valence-corrected chi connectivity index (χ0v) is 8.54. The molecule has 1 amide bonds. The Kier molecular flexibility index (Phi) is 6.32. The second-order valence-corrected chi connectivity index (χ2v) is 3.01. The summed E-state index contributed by atoms with van der Waals surface area (Å²) >= 11 is 0. The van der Waals surface area contributed by atoms with Crippen molar-refractivity contribution in [3.63, 3.8) is 0 Å². The van der Waals surface area contributed by atoms with Crippen LogP contribution in [0.2, 0.25) is 0 Å². The Morgan fingerprint density at radius 2 is 2.15 bits per heavy atom. The van der Waals surface area contributed by atoms with Gasteiger partial charge in [0.2, 0.25) is 0 Å². The van der Waals surface area contributed by atoms with Crippen LogP contribution in [0, 0.1) is 0 Å². The Morgan fingerprint density at radius 1 is 1.54 bits per heavy atom. The molecule has 0 aromatic rings. The summed E-state index contributed by atoms with van der Waals surface area (Å²) in [5.41, 5.74) is 0. The van der Waals surface area contributed by atoms with Crippen LogP contribution in [0.25, 0.3) is 0 Å². The minimum atomic E-state index is -0.484. The lowest BCUT2D eigenvalue weighted by atomic mass is 10.0. The molecule has 2 unspecified atom stereocenters. The normalized spacial score (nSPS) is 14.8. The molecule has 4 heteroatoms. The Balaban J connectivity index is 3.93. The molecular formula is C9H19NO3. The van der Waals surface area contributed by atoms with Crippen molar-refractivity contribution in [2.75, 3.05) is 7.11 Å². The fourth-order valence-corrected chi connectivity index (χ4v) is 1.18. The van der Waals surface area contributed by atoms with E-state index in [4.69, 9.17) is 0 Å². The standard InChI is InChI=1S/C9H19NO3/c1-4-6-8(11)7(5-2)10-9(12)13-3/h7-8,11H,4-6H2,1-3H3,(H,10,12). The predicted octanol–water partition coefficient (Wildman–Crippen LogP) is 1.28. The van der Waals surface area contributed by atoms with Gasteiger partial charge in [0.15, 0.2) is 0 Å². The van der Waals surface area contributed by atoms with E-state index in [-0.39, 0.29) is 6.04 Å². The van der Waals surface area contributed by atoms with Gasteiger partial charge in [-0.15, -0.1) is 0 Å². The lowest BCUT2D eigenvalue weighted by molar-refractivity contribution is 0.104. The highest BCUT2D eigenvalue weighted by Gasteiger charge is 2.18. The van der Waals surface area contributed by atoms with Crippen molar-refractivity contribution in [3.05, 3.63) is 0 Å². The maximum atomic E-state index is 10.8. The quantitative estimate of drug-likeness (QED) is 0.685. The van der Waals surface area contributed by atoms with Gasteiger partial charge in [0.25, 0.3) is 0 Å². The second-order valence-electron chi connectivity index (χ2n) is 3.01. The summed E-state index contributed by atoms with van der Waals surface area (Å²) in [5, 5.41) is 12.2. The van der Waals surface area contributed by atoms with E-state index in [9.17, 15) is 9.90 Å². The fraction of sp³-hybridized carbons (Fsp3) is 0.889. The van der Waals surface area contributed by atoms with Crippen LogP contribution in [0.3, 0.4) is 0 Å². The minimum Gasteiger partial charge on any atom is -0.453 e. The highest BCUT2D eigenvalue weighted by Crippen LogP contribution is 2.05. The molecule has 0 rings (SSSR count). The Morgan fingerprint density at radius 3 is 2.54 bits per heavy atom. The third-order valence-electron chi connectivity index (χ3n) is 1.98. The average molecular weight is 189 g/mol. The number of rotatable bonds is 5. The van der Waals surface area contributed by atoms with E-state index in [1.54, 1.807) is 0 Å². The fourth-order valence-electron chi connectivity index (χ4n) is 1.18. The number of ether oxygens (including phenoxy) is 1. The topological polar surface area (TPSA) is 58.6 Å². The van der Waals surface area contributed by atoms with Crippen LogP contribution in [0.15, 0.2) is 0 Å². The zero-order chi connectivity index (χ0) is 10.3. The first-order valence-electron chi connectivity index (χ1n) is 4.68. The second kappa shape index (κ2) is 6.71. The number of carbonyl (C=O) groups is 1. The molecule has 78 valence electrons. The van der Waals surface area contributed by atoms with Crippen molar-refractivity contribution in [1.82, 2.24) is 5.32 Å². The van der Waals surface area contributed by atoms with Gasteiger partial charge in [-0.3, -0.25) is 0 Å². The SMILES string of the molecule is CCCC(O)C(CC)NC(=O)OC. The Bertz CT molecular complexity index is 150. The van der Waals surface area contributed by atoms with Crippen LogP contribution in [0.4, 0.5) is 4.79 Å². The average Bonchev–Trinajstić information content (AvgIpc) is 2.14. The van der Waals surface area contributed by atoms with E-state index < -0.39 is 12.2 Å². The minimum absolute atomic E-state index is 0.201. The molecule has 0 aromatic carbocycles.